The van der Waals surface area contributed by atoms with Crippen LogP contribution in [0, 0.1) is 0 Å². The predicted octanol–water partition coefficient (Wildman–Crippen LogP) is 25.0. The minimum Gasteiger partial charge on any atom is -0.462 e. The fraction of sp³-hybridized carbons (Fsp3) is 0.766. The molecule has 5 heteroatoms. The first-order valence-electron chi connectivity index (χ1n) is 35.8. The molecule has 0 radical (unpaired) electrons. The van der Waals surface area contributed by atoms with Crippen molar-refractivity contribution in [2.75, 3.05) is 13.2 Å². The number of aliphatic hydroxyl groups is 1. The van der Waals surface area contributed by atoms with Gasteiger partial charge in [0.2, 0.25) is 0 Å². The van der Waals surface area contributed by atoms with Crippen molar-refractivity contribution in [3.05, 3.63) is 97.2 Å². The molecule has 0 saturated carbocycles. The molecular formula is C77H136O5. The third kappa shape index (κ3) is 69.3. The van der Waals surface area contributed by atoms with Gasteiger partial charge < -0.3 is 14.6 Å². The monoisotopic (exact) mass is 1140 g/mol. The molecule has 0 spiro atoms. The molecule has 0 saturated heterocycles. The Morgan fingerprint density at radius 3 is 0.793 bits per heavy atom. The third-order valence-electron chi connectivity index (χ3n) is 15.9. The zero-order valence-electron chi connectivity index (χ0n) is 54.5. The zero-order valence-corrected chi connectivity index (χ0v) is 54.5. The topological polar surface area (TPSA) is 72.8 Å². The highest BCUT2D eigenvalue weighted by Crippen LogP contribution is 2.18. The van der Waals surface area contributed by atoms with Crippen LogP contribution < -0.4 is 0 Å². The first-order chi connectivity index (χ1) is 40.6. The normalized spacial score (nSPS) is 12.8. The summed E-state index contributed by atoms with van der Waals surface area (Å²) >= 11 is 0. The van der Waals surface area contributed by atoms with Gasteiger partial charge in [-0.2, -0.15) is 0 Å². The van der Waals surface area contributed by atoms with Crippen molar-refractivity contribution >= 4 is 11.9 Å². The molecule has 0 rings (SSSR count). The fourth-order valence-corrected chi connectivity index (χ4v) is 10.5. The van der Waals surface area contributed by atoms with E-state index < -0.39 is 6.10 Å². The van der Waals surface area contributed by atoms with E-state index in [9.17, 15) is 14.7 Å². The summed E-state index contributed by atoms with van der Waals surface area (Å²) in [6, 6.07) is 0. The quantitative estimate of drug-likeness (QED) is 0.0373. The molecule has 0 fully saturated rings. The molecule has 0 aromatic heterocycles. The van der Waals surface area contributed by atoms with Crippen molar-refractivity contribution in [1.29, 1.82) is 0 Å². The number of ether oxygens (including phenoxy) is 2. The van der Waals surface area contributed by atoms with Gasteiger partial charge in [-0.3, -0.25) is 9.59 Å². The van der Waals surface area contributed by atoms with E-state index in [4.69, 9.17) is 9.47 Å². The molecule has 474 valence electrons. The number of unbranched alkanes of at least 4 members (excludes halogenated alkanes) is 42. The molecule has 0 aliphatic heterocycles. The van der Waals surface area contributed by atoms with Gasteiger partial charge in [0.15, 0.2) is 6.10 Å². The molecule has 0 aromatic carbocycles. The van der Waals surface area contributed by atoms with Crippen LogP contribution in [-0.4, -0.2) is 36.4 Å². The second-order valence-electron chi connectivity index (χ2n) is 23.9. The van der Waals surface area contributed by atoms with Crippen LogP contribution in [0.5, 0.6) is 0 Å². The number of carbonyl (C=O) groups is 2. The summed E-state index contributed by atoms with van der Waals surface area (Å²) in [5.74, 6) is -0.580. The summed E-state index contributed by atoms with van der Waals surface area (Å²) in [5.41, 5.74) is 0. The SMILES string of the molecule is CC/C=C\C/C=C\C/C=C\C/C=C\C/C=C\C/C=C\CCCCCCCCCCCCCCC(=O)OC(CO)COC(=O)CCCCCCCCCCCCCCCCCCCCCCCCCCC/C=C\C/C=C\CCCCCCC. The molecule has 0 aromatic rings. The van der Waals surface area contributed by atoms with Crippen molar-refractivity contribution in [3.8, 4) is 0 Å². The number of rotatable bonds is 66. The molecule has 1 atom stereocenters. The van der Waals surface area contributed by atoms with Gasteiger partial charge in [-0.25, -0.2) is 0 Å². The highest BCUT2D eigenvalue weighted by molar-refractivity contribution is 5.70. The van der Waals surface area contributed by atoms with Gasteiger partial charge in [0, 0.05) is 12.8 Å². The Morgan fingerprint density at radius 1 is 0.293 bits per heavy atom. The van der Waals surface area contributed by atoms with Crippen LogP contribution in [0.3, 0.4) is 0 Å². The number of hydrogen-bond donors (Lipinski definition) is 1. The highest BCUT2D eigenvalue weighted by Gasteiger charge is 2.16. The summed E-state index contributed by atoms with van der Waals surface area (Å²) in [5, 5.41) is 9.71. The largest absolute Gasteiger partial charge is 0.462 e. The van der Waals surface area contributed by atoms with E-state index in [1.807, 2.05) is 0 Å². The molecule has 5 nitrogen and oxygen atoms in total. The number of aliphatic hydroxyl groups excluding tert-OH is 1. The van der Waals surface area contributed by atoms with Crippen molar-refractivity contribution < 1.29 is 24.2 Å². The Labute approximate surface area is 510 Å². The van der Waals surface area contributed by atoms with Crippen molar-refractivity contribution in [2.45, 2.75) is 367 Å². The van der Waals surface area contributed by atoms with E-state index in [0.29, 0.717) is 12.8 Å². The van der Waals surface area contributed by atoms with Gasteiger partial charge in [-0.1, -0.05) is 349 Å². The number of esters is 2. The lowest BCUT2D eigenvalue weighted by atomic mass is 10.0. The minimum atomic E-state index is -0.778. The Balaban J connectivity index is 3.43. The maximum Gasteiger partial charge on any atom is 0.306 e. The van der Waals surface area contributed by atoms with E-state index in [2.05, 4.69) is 111 Å². The summed E-state index contributed by atoms with van der Waals surface area (Å²) in [6.07, 6.45) is 103. The molecule has 0 bridgehead atoms. The summed E-state index contributed by atoms with van der Waals surface area (Å²) in [7, 11) is 0. The Kier molecular flexibility index (Phi) is 69.3. The van der Waals surface area contributed by atoms with Crippen molar-refractivity contribution in [3.63, 3.8) is 0 Å². The fourth-order valence-electron chi connectivity index (χ4n) is 10.5. The average Bonchev–Trinajstić information content (AvgIpc) is 3.49. The number of hydrogen-bond acceptors (Lipinski definition) is 5. The average molecular weight is 1140 g/mol. The number of carbonyl (C=O) groups excluding carboxylic acids is 2. The highest BCUT2D eigenvalue weighted by atomic mass is 16.6. The van der Waals surface area contributed by atoms with Gasteiger partial charge in [0.1, 0.15) is 6.61 Å². The maximum absolute atomic E-state index is 12.4. The third-order valence-corrected chi connectivity index (χ3v) is 15.9. The second-order valence-corrected chi connectivity index (χ2v) is 23.9. The lowest BCUT2D eigenvalue weighted by molar-refractivity contribution is -0.161. The zero-order chi connectivity index (χ0) is 59.1. The molecule has 0 aliphatic rings. The summed E-state index contributed by atoms with van der Waals surface area (Å²) < 4.78 is 10.8. The molecule has 0 aliphatic carbocycles. The maximum atomic E-state index is 12.4. The van der Waals surface area contributed by atoms with Gasteiger partial charge in [0.05, 0.1) is 6.61 Å². The van der Waals surface area contributed by atoms with Crippen LogP contribution in [0.4, 0.5) is 0 Å². The molecule has 0 amide bonds. The van der Waals surface area contributed by atoms with E-state index in [1.54, 1.807) is 0 Å². The predicted molar refractivity (Wildman–Crippen MR) is 362 cm³/mol. The van der Waals surface area contributed by atoms with Gasteiger partial charge in [-0.05, 0) is 96.3 Å². The molecule has 1 N–H and O–H groups in total. The molecule has 0 heterocycles. The minimum absolute atomic E-state index is 0.0662. The summed E-state index contributed by atoms with van der Waals surface area (Å²) in [6.45, 7) is 4.05. The van der Waals surface area contributed by atoms with Crippen LogP contribution >= 0.6 is 0 Å². The van der Waals surface area contributed by atoms with Gasteiger partial charge >= 0.3 is 11.9 Å². The molecular weight excluding hydrogens is 1000 g/mol. The van der Waals surface area contributed by atoms with Crippen LogP contribution in [-0.2, 0) is 19.1 Å². The van der Waals surface area contributed by atoms with Crippen molar-refractivity contribution in [2.24, 2.45) is 0 Å². The summed E-state index contributed by atoms with van der Waals surface area (Å²) in [4.78, 5) is 24.7. The van der Waals surface area contributed by atoms with Crippen LogP contribution in [0.2, 0.25) is 0 Å². The second kappa shape index (κ2) is 72.1. The molecule has 1 unspecified atom stereocenters. The number of allylic oxidation sites excluding steroid dienone is 16. The van der Waals surface area contributed by atoms with Crippen LogP contribution in [0.15, 0.2) is 97.2 Å². The van der Waals surface area contributed by atoms with Crippen molar-refractivity contribution in [1.82, 2.24) is 0 Å². The van der Waals surface area contributed by atoms with Gasteiger partial charge in [0.25, 0.3) is 0 Å². The van der Waals surface area contributed by atoms with E-state index in [1.165, 1.54) is 250 Å². The Bertz CT molecular complexity index is 1530. The van der Waals surface area contributed by atoms with Gasteiger partial charge in [-0.15, -0.1) is 0 Å². The lowest BCUT2D eigenvalue weighted by Crippen LogP contribution is -2.28. The molecule has 82 heavy (non-hydrogen) atoms. The Hall–Kier alpha value is -3.18. The Morgan fingerprint density at radius 2 is 0.524 bits per heavy atom. The van der Waals surface area contributed by atoms with Crippen LogP contribution in [0.1, 0.15) is 361 Å². The first kappa shape index (κ1) is 78.8. The van der Waals surface area contributed by atoms with E-state index in [-0.39, 0.29) is 25.2 Å². The first-order valence-corrected chi connectivity index (χ1v) is 35.8. The smallest absolute Gasteiger partial charge is 0.306 e. The lowest BCUT2D eigenvalue weighted by Gasteiger charge is -2.15. The van der Waals surface area contributed by atoms with Crippen LogP contribution in [0.25, 0.3) is 0 Å². The standard InChI is InChI=1S/C77H136O5/c1-3-5-7-9-11-13-15-17-19-21-23-25-27-29-31-33-35-36-37-38-39-40-42-43-45-47-49-51-53-55-57-59-61-63-65-67-69-71-76(79)81-74-75(73-78)82-77(80)72-70-68-66-64-62-60-58-56-54-52-50-48-46-44-41-34-32-30-28-26-24-22-20-18-16-14-12-10-8-6-4-2/h6,8,12,14-15,17-18,20-21,23-24,26,30,32,41,44,75,78H,3-5,7,9-11,13,16,19,22,25,27-29,31,33-40,42-43,45-74H2,1-2H3/b8-6-,14-12-,17-15-,20-18-,23-21-,26-24-,32-30-,44-41-. The van der Waals surface area contributed by atoms with E-state index >= 15 is 0 Å². The van der Waals surface area contributed by atoms with E-state index in [0.717, 1.165) is 83.5 Å².